The number of hydrogen-bond acceptors (Lipinski definition) is 3. The Balaban J connectivity index is 1.88. The van der Waals surface area contributed by atoms with Crippen molar-refractivity contribution < 1.29 is 4.79 Å². The largest absolute Gasteiger partial charge is 0.349 e. The Kier molecular flexibility index (Phi) is 3.87. The Hall–Kier alpha value is -1.69. The lowest BCUT2D eigenvalue weighted by Crippen LogP contribution is -2.28. The zero-order chi connectivity index (χ0) is 12.1. The molecule has 0 saturated carbocycles. The Labute approximate surface area is 107 Å². The average molecular weight is 295 g/mol. The Morgan fingerprint density at radius 2 is 2.35 bits per heavy atom. The normalized spacial score (nSPS) is 10.2. The molecule has 1 N–H and O–H groups in total. The third-order valence-electron chi connectivity index (χ3n) is 2.19. The van der Waals surface area contributed by atoms with Crippen LogP contribution >= 0.6 is 15.9 Å². The van der Waals surface area contributed by atoms with Gasteiger partial charge in [-0.3, -0.25) is 4.79 Å². The van der Waals surface area contributed by atoms with Crippen LogP contribution in [-0.4, -0.2) is 27.0 Å². The van der Waals surface area contributed by atoms with Crippen molar-refractivity contribution in [1.29, 1.82) is 0 Å². The molecule has 17 heavy (non-hydrogen) atoms. The van der Waals surface area contributed by atoms with Crippen LogP contribution in [0.5, 0.6) is 0 Å². The van der Waals surface area contributed by atoms with Gasteiger partial charge in [0.05, 0.1) is 6.33 Å². The molecule has 0 bridgehead atoms. The van der Waals surface area contributed by atoms with E-state index >= 15 is 0 Å². The average Bonchev–Trinajstić information content (AvgIpc) is 2.82. The smallest absolute Gasteiger partial charge is 0.271 e. The van der Waals surface area contributed by atoms with Gasteiger partial charge in [0.15, 0.2) is 0 Å². The molecule has 2 rings (SSSR count). The number of hydrogen-bond donors (Lipinski definition) is 1. The summed E-state index contributed by atoms with van der Waals surface area (Å²) in [5, 5.41) is 2.80. The van der Waals surface area contributed by atoms with Crippen molar-refractivity contribution in [2.24, 2.45) is 0 Å². The van der Waals surface area contributed by atoms with E-state index in [1.165, 1.54) is 0 Å². The van der Waals surface area contributed by atoms with Crippen LogP contribution in [0.3, 0.4) is 0 Å². The SMILES string of the molecule is O=C(NCCn1ccnc1)c1ncccc1Br. The summed E-state index contributed by atoms with van der Waals surface area (Å²) < 4.78 is 2.59. The molecule has 0 aliphatic rings. The molecule has 0 aliphatic heterocycles. The summed E-state index contributed by atoms with van der Waals surface area (Å²) in [6.45, 7) is 1.23. The number of amides is 1. The van der Waals surface area contributed by atoms with Crippen LogP contribution in [0.15, 0.2) is 41.5 Å². The highest BCUT2D eigenvalue weighted by molar-refractivity contribution is 9.10. The molecular weight excluding hydrogens is 284 g/mol. The predicted octanol–water partition coefficient (Wildman–Crippen LogP) is 1.47. The molecule has 2 aromatic heterocycles. The summed E-state index contributed by atoms with van der Waals surface area (Å²) in [6, 6.07) is 3.56. The van der Waals surface area contributed by atoms with Crippen molar-refractivity contribution in [3.8, 4) is 0 Å². The molecule has 0 atom stereocenters. The van der Waals surface area contributed by atoms with E-state index in [2.05, 4.69) is 31.2 Å². The molecule has 0 radical (unpaired) electrons. The third-order valence-corrected chi connectivity index (χ3v) is 2.83. The van der Waals surface area contributed by atoms with Gasteiger partial charge in [-0.1, -0.05) is 0 Å². The molecule has 0 unspecified atom stereocenters. The van der Waals surface area contributed by atoms with Crippen LogP contribution < -0.4 is 5.32 Å². The molecule has 1 amide bonds. The van der Waals surface area contributed by atoms with Crippen LogP contribution in [0, 0.1) is 0 Å². The fourth-order valence-electron chi connectivity index (χ4n) is 1.35. The summed E-state index contributed by atoms with van der Waals surface area (Å²) in [6.07, 6.45) is 6.86. The number of carbonyl (C=O) groups excluding carboxylic acids is 1. The summed E-state index contributed by atoms with van der Waals surface area (Å²) in [5.74, 6) is -0.183. The zero-order valence-corrected chi connectivity index (χ0v) is 10.6. The molecule has 0 aliphatic carbocycles. The first-order valence-corrected chi connectivity index (χ1v) is 5.91. The lowest BCUT2D eigenvalue weighted by Gasteiger charge is -2.06. The molecule has 0 spiro atoms. The van der Waals surface area contributed by atoms with E-state index in [1.54, 1.807) is 30.9 Å². The van der Waals surface area contributed by atoms with Gasteiger partial charge in [-0.25, -0.2) is 9.97 Å². The van der Waals surface area contributed by atoms with E-state index < -0.39 is 0 Å². The van der Waals surface area contributed by atoms with Crippen LogP contribution in [0.2, 0.25) is 0 Å². The molecular formula is C11H11BrN4O. The minimum Gasteiger partial charge on any atom is -0.349 e. The van der Waals surface area contributed by atoms with E-state index in [4.69, 9.17) is 0 Å². The van der Waals surface area contributed by atoms with E-state index in [-0.39, 0.29) is 5.91 Å². The summed E-state index contributed by atoms with van der Waals surface area (Å²) in [4.78, 5) is 19.7. The van der Waals surface area contributed by atoms with E-state index in [0.29, 0.717) is 23.3 Å². The third kappa shape index (κ3) is 3.13. The maximum absolute atomic E-state index is 11.8. The van der Waals surface area contributed by atoms with Gasteiger partial charge >= 0.3 is 0 Å². The minimum absolute atomic E-state index is 0.183. The fraction of sp³-hybridized carbons (Fsp3) is 0.182. The minimum atomic E-state index is -0.183. The van der Waals surface area contributed by atoms with Crippen molar-refractivity contribution in [1.82, 2.24) is 19.9 Å². The number of imidazole rings is 1. The zero-order valence-electron chi connectivity index (χ0n) is 9.01. The highest BCUT2D eigenvalue weighted by Crippen LogP contribution is 2.12. The number of rotatable bonds is 4. The second-order valence-corrected chi connectivity index (χ2v) is 4.24. The van der Waals surface area contributed by atoms with Gasteiger partial charge in [0.2, 0.25) is 0 Å². The van der Waals surface area contributed by atoms with Crippen molar-refractivity contribution in [3.05, 3.63) is 47.2 Å². The van der Waals surface area contributed by atoms with Gasteiger partial charge in [0.25, 0.3) is 5.91 Å². The van der Waals surface area contributed by atoms with Crippen LogP contribution in [0.4, 0.5) is 0 Å². The fourth-order valence-corrected chi connectivity index (χ4v) is 1.79. The number of halogens is 1. The number of carbonyl (C=O) groups is 1. The second-order valence-electron chi connectivity index (χ2n) is 3.39. The Morgan fingerprint density at radius 3 is 3.06 bits per heavy atom. The number of nitrogens with one attached hydrogen (secondary N) is 1. The monoisotopic (exact) mass is 294 g/mol. The number of nitrogens with zero attached hydrogens (tertiary/aromatic N) is 3. The standard InChI is InChI=1S/C11H11BrN4O/c12-9-2-1-3-14-10(9)11(17)15-5-7-16-6-4-13-8-16/h1-4,6,8H,5,7H2,(H,15,17). The van der Waals surface area contributed by atoms with Gasteiger partial charge in [-0.05, 0) is 28.1 Å². The summed E-state index contributed by atoms with van der Waals surface area (Å²) >= 11 is 3.29. The maximum atomic E-state index is 11.8. The summed E-state index contributed by atoms with van der Waals surface area (Å²) in [7, 11) is 0. The lowest BCUT2D eigenvalue weighted by molar-refractivity contribution is 0.0946. The Morgan fingerprint density at radius 1 is 1.47 bits per heavy atom. The summed E-state index contributed by atoms with van der Waals surface area (Å²) in [5.41, 5.74) is 0.401. The van der Waals surface area contributed by atoms with Gasteiger partial charge in [0, 0.05) is 36.2 Å². The van der Waals surface area contributed by atoms with Crippen molar-refractivity contribution in [2.45, 2.75) is 6.54 Å². The first-order chi connectivity index (χ1) is 8.27. The van der Waals surface area contributed by atoms with Gasteiger partial charge in [0.1, 0.15) is 5.69 Å². The van der Waals surface area contributed by atoms with E-state index in [1.807, 2.05) is 10.8 Å². The molecule has 5 nitrogen and oxygen atoms in total. The van der Waals surface area contributed by atoms with Crippen LogP contribution in [0.25, 0.3) is 0 Å². The van der Waals surface area contributed by atoms with Crippen LogP contribution in [0.1, 0.15) is 10.5 Å². The highest BCUT2D eigenvalue weighted by atomic mass is 79.9. The van der Waals surface area contributed by atoms with Gasteiger partial charge < -0.3 is 9.88 Å². The van der Waals surface area contributed by atoms with Crippen molar-refractivity contribution >= 4 is 21.8 Å². The molecule has 6 heteroatoms. The highest BCUT2D eigenvalue weighted by Gasteiger charge is 2.09. The van der Waals surface area contributed by atoms with Gasteiger partial charge in [-0.15, -0.1) is 0 Å². The molecule has 0 saturated heterocycles. The number of aromatic nitrogens is 3. The molecule has 2 aromatic rings. The molecule has 88 valence electrons. The second kappa shape index (κ2) is 5.58. The van der Waals surface area contributed by atoms with Crippen molar-refractivity contribution in [2.75, 3.05) is 6.54 Å². The first-order valence-electron chi connectivity index (χ1n) is 5.12. The molecule has 0 fully saturated rings. The lowest BCUT2D eigenvalue weighted by atomic mass is 10.3. The molecule has 0 aromatic carbocycles. The topological polar surface area (TPSA) is 59.8 Å². The molecule has 2 heterocycles. The van der Waals surface area contributed by atoms with E-state index in [0.717, 1.165) is 0 Å². The first kappa shape index (κ1) is 11.8. The predicted molar refractivity (Wildman–Crippen MR) is 66.5 cm³/mol. The van der Waals surface area contributed by atoms with Crippen molar-refractivity contribution in [3.63, 3.8) is 0 Å². The quantitative estimate of drug-likeness (QED) is 0.929. The van der Waals surface area contributed by atoms with Gasteiger partial charge in [-0.2, -0.15) is 0 Å². The van der Waals surface area contributed by atoms with E-state index in [9.17, 15) is 4.79 Å². The number of pyridine rings is 1. The maximum Gasteiger partial charge on any atom is 0.271 e. The van der Waals surface area contributed by atoms with Crippen LogP contribution in [-0.2, 0) is 6.54 Å². The Bertz CT molecular complexity index is 498.